The van der Waals surface area contributed by atoms with Crippen LogP contribution in [-0.4, -0.2) is 318 Å². The molecule has 6 heterocycles. The quantitative estimate of drug-likeness (QED) is 0.0187. The van der Waals surface area contributed by atoms with Crippen LogP contribution < -0.4 is 64.2 Å². The molecule has 18 atom stereocenters. The molecule has 12 rings (SSSR count). The topological polar surface area (TPSA) is 524 Å². The molecule has 20 amide bonds. The van der Waals surface area contributed by atoms with Crippen molar-refractivity contribution in [2.24, 2.45) is 108 Å². The maximum atomic E-state index is 14.5. The van der Waals surface area contributed by atoms with Crippen molar-refractivity contribution in [3.8, 4) is 0 Å². The highest BCUT2D eigenvalue weighted by Crippen LogP contribution is 2.67. The van der Waals surface area contributed by atoms with Crippen LogP contribution in [0.25, 0.3) is 0 Å². The maximum absolute atomic E-state index is 14.5. The lowest BCUT2D eigenvalue weighted by Gasteiger charge is -2.41. The Labute approximate surface area is 855 Å². The standard InChI is InChI=1S/C37H61N7O6.C36H56N6O8.C32H52N6O7/c1-11-16-38-31(47)28(45)24(19-22-14-12-15-22)39-30(46)27-26-23(37(26,8)9)20-44(27)32(48)29(36(5,6)7)41-33(49)40-25(35(2,3)4)21-43-18-13-17-42(10)34(43)50;1-10-14-37-31(47)28(45)22(15-20-12-11-13-20)38-30(46)27-26-21(36(26,8)9)16-42(27)32(48)29(35(5,6)7)40-33(49)39-23(34(2,3)4)17-41-24(43)18-50-19-25(41)44;1-30(2,3)20(16-37-12-9-13-45-29(37)44)35-28(43)36-24(31(4,5)6)27(42)38-15-18-21(32(18,7)8)22(38)26(41)34-19(14-17-10-11-17)23(39)25(33)40/h11,22-27,29H,1,12-21H2,2-10H3,(H,38,47)(H,39,46)(H2,40,41,49);10,20-23,26-27,29H,1,11-19H2,2-9H3,(H,37,47)(H,38,46)(H2,39,40,49);17-22,24H,9-16H2,1-8H3,(H2,33,40)(H,34,41)(H2,35,36,43)/t23-,24?,25+,26-,27-,29+;21-,22?,23+,26-,27-,29+;18-,19?,20+,21-,22-,24+/m000/s1. The molecule has 40 heteroatoms. The normalized spacial score (nSPS) is 25.4. The third kappa shape index (κ3) is 28.2. The summed E-state index contributed by atoms with van der Waals surface area (Å²) in [5, 5.41) is 31.1. The second kappa shape index (κ2) is 45.5. The zero-order valence-electron chi connectivity index (χ0n) is 90.6. The minimum atomic E-state index is -1.10. The van der Waals surface area contributed by atoms with Gasteiger partial charge in [0.15, 0.2) is 0 Å². The first kappa shape index (κ1) is 116. The van der Waals surface area contributed by atoms with Gasteiger partial charge < -0.3 is 103 Å². The van der Waals surface area contributed by atoms with Crippen molar-refractivity contribution in [3.05, 3.63) is 25.3 Å². The highest BCUT2D eigenvalue weighted by molar-refractivity contribution is 6.39. The van der Waals surface area contributed by atoms with Gasteiger partial charge in [-0.05, 0) is 134 Å². The smallest absolute Gasteiger partial charge is 0.409 e. The number of primary amides is 1. The molecule has 13 N–H and O–H groups in total. The van der Waals surface area contributed by atoms with Gasteiger partial charge in [0.2, 0.25) is 52.8 Å². The number of nitrogens with zero attached hydrogens (tertiary/aromatic N) is 7. The number of hydrogen-bond donors (Lipinski definition) is 12. The Hall–Kier alpha value is -10.8. The number of rotatable bonds is 37. The van der Waals surface area contributed by atoms with Crippen molar-refractivity contribution >= 4 is 113 Å². The van der Waals surface area contributed by atoms with Crippen LogP contribution in [0.15, 0.2) is 25.3 Å². The Morgan fingerprint density at radius 1 is 0.407 bits per heavy atom. The highest BCUT2D eigenvalue weighted by atomic mass is 16.6. The van der Waals surface area contributed by atoms with E-state index >= 15 is 0 Å². The number of carbonyl (C=O) groups excluding carboxylic acids is 19. The van der Waals surface area contributed by atoms with Crippen molar-refractivity contribution < 1.29 is 101 Å². The van der Waals surface area contributed by atoms with E-state index in [0.29, 0.717) is 78.1 Å². The molecule has 40 nitrogen and oxygen atoms in total. The van der Waals surface area contributed by atoms with E-state index in [4.69, 9.17) is 15.2 Å². The molecule has 0 aromatic heterocycles. The van der Waals surface area contributed by atoms with Gasteiger partial charge in [-0.25, -0.2) is 24.0 Å². The number of Topliss-reactive ketones (excluding diaryl/α,β-unsaturated/α-hetero) is 3. The van der Waals surface area contributed by atoms with E-state index in [1.807, 2.05) is 138 Å². The van der Waals surface area contributed by atoms with E-state index in [-0.39, 0.29) is 121 Å². The van der Waals surface area contributed by atoms with Crippen LogP contribution in [0.3, 0.4) is 0 Å². The first-order chi connectivity index (χ1) is 67.1. The molecule has 0 aromatic rings. The number of fused-ring (bicyclic) bond motifs is 3. The number of likely N-dealkylation sites (tertiary alicyclic amines) is 3. The lowest BCUT2D eigenvalue weighted by atomic mass is 9.80. The third-order valence-electron chi connectivity index (χ3n) is 32.6. The number of amides is 20. The van der Waals surface area contributed by atoms with Gasteiger partial charge in [0.05, 0.1) is 42.9 Å². The lowest BCUT2D eigenvalue weighted by Crippen LogP contribution is -2.63. The highest BCUT2D eigenvalue weighted by Gasteiger charge is 2.73. The van der Waals surface area contributed by atoms with Crippen molar-refractivity contribution in [2.45, 2.75) is 322 Å². The molecule has 6 saturated carbocycles. The molecule has 0 spiro atoms. The van der Waals surface area contributed by atoms with Gasteiger partial charge in [-0.2, -0.15) is 0 Å². The fourth-order valence-electron chi connectivity index (χ4n) is 22.0. The number of imide groups is 1. The third-order valence-corrected chi connectivity index (χ3v) is 32.6. The second-order valence-corrected chi connectivity index (χ2v) is 50.9. The van der Waals surface area contributed by atoms with Gasteiger partial charge >= 0.3 is 30.2 Å². The van der Waals surface area contributed by atoms with Gasteiger partial charge in [-0.3, -0.25) is 72.0 Å². The summed E-state index contributed by atoms with van der Waals surface area (Å²) in [6.45, 7) is 57.0. The second-order valence-electron chi connectivity index (χ2n) is 50.9. The van der Waals surface area contributed by atoms with Gasteiger partial charge in [0.1, 0.15) is 49.5 Å². The molecule has 12 fully saturated rings. The number of cyclic esters (lactones) is 1. The molecule has 810 valence electrons. The van der Waals surface area contributed by atoms with E-state index in [9.17, 15) is 91.1 Å². The Bertz CT molecular complexity index is 4880. The fourth-order valence-corrected chi connectivity index (χ4v) is 22.0. The van der Waals surface area contributed by atoms with Gasteiger partial charge in [-0.1, -0.05) is 230 Å². The largest absolute Gasteiger partial charge is 0.449 e. The van der Waals surface area contributed by atoms with Crippen LogP contribution in [0.4, 0.5) is 24.0 Å². The molecule has 145 heavy (non-hydrogen) atoms. The summed E-state index contributed by atoms with van der Waals surface area (Å²) < 4.78 is 10.2. The SMILES string of the molecule is C=CCNC(=O)C(=O)C(CC1CCC1)NC(=O)[C@@H]1[C@@H]2[C@H](CN1C(=O)[C@@H](NC(=O)N[C@H](CN1C(=O)COCC1=O)C(C)(C)C)C(C)(C)C)C2(C)C.C=CCNC(=O)C(=O)C(CC1CCC1)NC(=O)[C@@H]1[C@@H]2[C@H](CN1C(=O)[C@@H](NC(=O)N[C@H](CN1CCCN(C)C1=O)C(C)(C)C)C(C)(C)C)C2(C)C.CC(C)(C)[C@H](NC(=O)N[C@H](CN1CCCOC1=O)C(C)(C)C)C(=O)N1C[C@H]2[C@@H]([C@H]1C(=O)NC(CC1CC1)C(=O)C(N)=O)C2(C)C. The number of urea groups is 4. The van der Waals surface area contributed by atoms with Crippen LogP contribution in [0.5, 0.6) is 0 Å². The van der Waals surface area contributed by atoms with E-state index in [0.717, 1.165) is 62.7 Å². The number of carbonyl (C=O) groups is 19. The van der Waals surface area contributed by atoms with Gasteiger partial charge in [0, 0.05) is 79.0 Å². The first-order valence-corrected chi connectivity index (χ1v) is 52.1. The van der Waals surface area contributed by atoms with E-state index in [1.165, 1.54) is 22.0 Å². The molecule has 0 radical (unpaired) electrons. The molecule has 6 aliphatic heterocycles. The molecular formula is C105H169N19O21. The Morgan fingerprint density at radius 3 is 1.02 bits per heavy atom. The van der Waals surface area contributed by atoms with Crippen molar-refractivity contribution in [1.82, 2.24) is 92.8 Å². The molecule has 3 unspecified atom stereocenters. The summed E-state index contributed by atoms with van der Waals surface area (Å²) in [4.78, 5) is 263. The van der Waals surface area contributed by atoms with Crippen LogP contribution in [-0.2, 0) is 76.6 Å². The number of nitrogens with two attached hydrogens (primary N) is 1. The van der Waals surface area contributed by atoms with Crippen molar-refractivity contribution in [3.63, 3.8) is 0 Å². The molecule has 6 aliphatic carbocycles. The number of morpholine rings is 1. The van der Waals surface area contributed by atoms with E-state index in [1.54, 1.807) is 26.6 Å². The Morgan fingerprint density at radius 2 is 0.724 bits per heavy atom. The molecule has 0 bridgehead atoms. The van der Waals surface area contributed by atoms with Gasteiger partial charge in [0.25, 0.3) is 29.5 Å². The average molecular weight is 2030 g/mol. The van der Waals surface area contributed by atoms with Crippen LogP contribution in [0.1, 0.15) is 250 Å². The fraction of sp³-hybridized carbons (Fsp3) is 0.781. The molecule has 12 aliphatic rings. The predicted molar refractivity (Wildman–Crippen MR) is 540 cm³/mol. The van der Waals surface area contributed by atoms with Crippen LogP contribution in [0.2, 0.25) is 0 Å². The summed E-state index contributed by atoms with van der Waals surface area (Å²) >= 11 is 0. The summed E-state index contributed by atoms with van der Waals surface area (Å²) in [7, 11) is 1.77. The maximum Gasteiger partial charge on any atom is 0.409 e. The van der Waals surface area contributed by atoms with E-state index < -0.39 is 206 Å². The molecular weight excluding hydrogens is 1860 g/mol. The molecule has 0 aromatic carbocycles. The number of ketones is 3. The Balaban J connectivity index is 0.000000223. The summed E-state index contributed by atoms with van der Waals surface area (Å²) in [6.07, 6.45) is 12.7. The van der Waals surface area contributed by atoms with E-state index in [2.05, 4.69) is 99.3 Å². The number of ether oxygens (including phenoxy) is 2. The van der Waals surface area contributed by atoms with Crippen LogP contribution in [0, 0.1) is 102 Å². The minimum absolute atomic E-state index is 0.0437. The average Bonchev–Trinajstić information content (AvgIpc) is 1.53. The zero-order valence-corrected chi connectivity index (χ0v) is 90.6. The zero-order chi connectivity index (χ0) is 108. The monoisotopic (exact) mass is 2030 g/mol. The number of piperidine rings is 3. The minimum Gasteiger partial charge on any atom is -0.449 e. The predicted octanol–water partition coefficient (Wildman–Crippen LogP) is 6.21. The first-order valence-electron chi connectivity index (χ1n) is 52.1. The Kier molecular flexibility index (Phi) is 36.4. The molecule has 6 saturated heterocycles. The van der Waals surface area contributed by atoms with Crippen molar-refractivity contribution in [1.29, 1.82) is 0 Å². The number of hydrogen-bond acceptors (Lipinski definition) is 21. The number of nitrogens with one attached hydrogen (secondary N) is 11. The lowest BCUT2D eigenvalue weighted by molar-refractivity contribution is -0.159. The summed E-state index contributed by atoms with van der Waals surface area (Å²) in [5.41, 5.74) is 1.11. The van der Waals surface area contributed by atoms with Crippen LogP contribution >= 0.6 is 0 Å². The van der Waals surface area contributed by atoms with Gasteiger partial charge in [-0.15, -0.1) is 13.2 Å². The summed E-state index contributed by atoms with van der Waals surface area (Å²) in [5.74, 6) is -8.06. The van der Waals surface area contributed by atoms with Crippen molar-refractivity contribution in [2.75, 3.05) is 98.9 Å². The summed E-state index contributed by atoms with van der Waals surface area (Å²) in [6, 6.07) is -12.0.